The molecule has 2 aromatic rings. The molecule has 0 unspecified atom stereocenters. The first kappa shape index (κ1) is 19.5. The van der Waals surface area contributed by atoms with Gasteiger partial charge in [-0.05, 0) is 37.3 Å². The molecule has 1 aliphatic heterocycles. The minimum absolute atomic E-state index is 0.0811. The molecule has 0 radical (unpaired) electrons. The monoisotopic (exact) mass is 386 g/mol. The quantitative estimate of drug-likeness (QED) is 0.818. The fourth-order valence-corrected chi connectivity index (χ4v) is 3.34. The summed E-state index contributed by atoms with van der Waals surface area (Å²) in [6.45, 7) is 2.00. The molecular weight excluding hydrogens is 364 g/mol. The molecule has 1 aliphatic rings. The SMILES string of the molecule is COc1ccc(N2C[C@H](C(=O)N(C)Cc3cc(C(=O)O)c(C)o3)CC2=O)cc1. The van der Waals surface area contributed by atoms with Crippen LogP contribution in [-0.2, 0) is 16.1 Å². The van der Waals surface area contributed by atoms with Crippen LogP contribution >= 0.6 is 0 Å². The summed E-state index contributed by atoms with van der Waals surface area (Å²) in [5.74, 6) is -0.453. The number of carbonyl (C=O) groups excluding carboxylic acids is 2. The lowest BCUT2D eigenvalue weighted by atomic mass is 10.1. The van der Waals surface area contributed by atoms with Gasteiger partial charge < -0.3 is 24.1 Å². The molecule has 3 rings (SSSR count). The molecule has 2 amide bonds. The summed E-state index contributed by atoms with van der Waals surface area (Å²) < 4.78 is 10.5. The van der Waals surface area contributed by atoms with Crippen molar-refractivity contribution in [3.8, 4) is 5.75 Å². The molecule has 8 heteroatoms. The van der Waals surface area contributed by atoms with Gasteiger partial charge in [-0.25, -0.2) is 4.79 Å². The van der Waals surface area contributed by atoms with Crippen LogP contribution in [0.2, 0.25) is 0 Å². The molecule has 1 N–H and O–H groups in total. The average Bonchev–Trinajstić information content (AvgIpc) is 3.23. The molecule has 8 nitrogen and oxygen atoms in total. The van der Waals surface area contributed by atoms with Crippen LogP contribution in [0, 0.1) is 12.8 Å². The van der Waals surface area contributed by atoms with E-state index in [4.69, 9.17) is 14.3 Å². The Morgan fingerprint density at radius 2 is 2.00 bits per heavy atom. The zero-order valence-corrected chi connectivity index (χ0v) is 16.0. The first-order chi connectivity index (χ1) is 13.3. The number of hydrogen-bond donors (Lipinski definition) is 1. The minimum atomic E-state index is -1.07. The summed E-state index contributed by atoms with van der Waals surface area (Å²) in [5, 5.41) is 9.10. The Morgan fingerprint density at radius 1 is 1.32 bits per heavy atom. The van der Waals surface area contributed by atoms with Crippen LogP contribution in [0.4, 0.5) is 5.69 Å². The van der Waals surface area contributed by atoms with Crippen LogP contribution in [0.5, 0.6) is 5.75 Å². The number of carboxylic acid groups (broad SMARTS) is 1. The largest absolute Gasteiger partial charge is 0.497 e. The van der Waals surface area contributed by atoms with Gasteiger partial charge in [0, 0.05) is 25.7 Å². The number of methoxy groups -OCH3 is 1. The van der Waals surface area contributed by atoms with Crippen molar-refractivity contribution in [2.45, 2.75) is 19.9 Å². The maximum absolute atomic E-state index is 12.8. The number of ether oxygens (including phenoxy) is 1. The summed E-state index contributed by atoms with van der Waals surface area (Å²) in [6, 6.07) is 8.52. The van der Waals surface area contributed by atoms with E-state index in [1.54, 1.807) is 50.2 Å². The van der Waals surface area contributed by atoms with Crippen molar-refractivity contribution in [1.29, 1.82) is 0 Å². The number of carboxylic acids is 1. The van der Waals surface area contributed by atoms with E-state index in [1.807, 2.05) is 0 Å². The van der Waals surface area contributed by atoms with Gasteiger partial charge in [0.05, 0.1) is 19.6 Å². The van der Waals surface area contributed by atoms with E-state index in [2.05, 4.69) is 0 Å². The number of carbonyl (C=O) groups is 3. The van der Waals surface area contributed by atoms with Crippen molar-refractivity contribution >= 4 is 23.5 Å². The lowest BCUT2D eigenvalue weighted by Crippen LogP contribution is -2.34. The highest BCUT2D eigenvalue weighted by molar-refractivity contribution is 6.00. The van der Waals surface area contributed by atoms with E-state index in [0.29, 0.717) is 23.8 Å². The highest BCUT2D eigenvalue weighted by Gasteiger charge is 2.36. The Labute approximate surface area is 162 Å². The Bertz CT molecular complexity index is 902. The molecule has 0 aliphatic carbocycles. The van der Waals surface area contributed by atoms with Gasteiger partial charge in [0.1, 0.15) is 22.8 Å². The Balaban J connectivity index is 1.66. The Hall–Kier alpha value is -3.29. The van der Waals surface area contributed by atoms with E-state index in [9.17, 15) is 14.4 Å². The molecule has 1 atom stereocenters. The zero-order valence-electron chi connectivity index (χ0n) is 16.0. The second-order valence-corrected chi connectivity index (χ2v) is 6.79. The second-order valence-electron chi connectivity index (χ2n) is 6.79. The smallest absolute Gasteiger partial charge is 0.339 e. The van der Waals surface area contributed by atoms with Gasteiger partial charge in [0.2, 0.25) is 11.8 Å². The predicted octanol–water partition coefficient (Wildman–Crippen LogP) is 2.31. The van der Waals surface area contributed by atoms with Gasteiger partial charge >= 0.3 is 5.97 Å². The van der Waals surface area contributed by atoms with E-state index in [1.165, 1.54) is 11.0 Å². The van der Waals surface area contributed by atoms with Gasteiger partial charge in [-0.2, -0.15) is 0 Å². The van der Waals surface area contributed by atoms with Gasteiger partial charge in [0.25, 0.3) is 0 Å². The first-order valence-corrected chi connectivity index (χ1v) is 8.82. The maximum atomic E-state index is 12.8. The topological polar surface area (TPSA) is 100 Å². The van der Waals surface area contributed by atoms with Crippen LogP contribution in [0.1, 0.15) is 28.3 Å². The predicted molar refractivity (Wildman–Crippen MR) is 100 cm³/mol. The lowest BCUT2D eigenvalue weighted by molar-refractivity contribution is -0.135. The molecule has 148 valence electrons. The van der Waals surface area contributed by atoms with Crippen LogP contribution in [-0.4, -0.2) is 48.5 Å². The molecule has 1 aromatic carbocycles. The lowest BCUT2D eigenvalue weighted by Gasteiger charge is -2.21. The second kappa shape index (κ2) is 7.75. The zero-order chi connectivity index (χ0) is 20.4. The summed E-state index contributed by atoms with van der Waals surface area (Å²) in [4.78, 5) is 39.3. The van der Waals surface area contributed by atoms with Gasteiger partial charge in [0.15, 0.2) is 0 Å². The molecule has 0 spiro atoms. The van der Waals surface area contributed by atoms with Crippen molar-refractivity contribution in [3.63, 3.8) is 0 Å². The summed E-state index contributed by atoms with van der Waals surface area (Å²) >= 11 is 0. The van der Waals surface area contributed by atoms with E-state index >= 15 is 0 Å². The molecule has 2 heterocycles. The number of hydrogen-bond acceptors (Lipinski definition) is 5. The number of furan rings is 1. The molecule has 1 aromatic heterocycles. The number of aryl methyl sites for hydroxylation is 1. The third kappa shape index (κ3) is 3.85. The fourth-order valence-electron chi connectivity index (χ4n) is 3.34. The fraction of sp³-hybridized carbons (Fsp3) is 0.350. The number of aromatic carboxylic acids is 1. The van der Waals surface area contributed by atoms with Crippen LogP contribution in [0.25, 0.3) is 0 Å². The normalized spacial score (nSPS) is 16.3. The molecular formula is C20H22N2O6. The average molecular weight is 386 g/mol. The highest BCUT2D eigenvalue weighted by Crippen LogP contribution is 2.28. The molecule has 28 heavy (non-hydrogen) atoms. The Morgan fingerprint density at radius 3 is 2.57 bits per heavy atom. The highest BCUT2D eigenvalue weighted by atomic mass is 16.5. The number of amides is 2. The number of benzene rings is 1. The molecule has 0 saturated carbocycles. The third-order valence-electron chi connectivity index (χ3n) is 4.83. The van der Waals surface area contributed by atoms with Crippen molar-refractivity contribution < 1.29 is 28.6 Å². The van der Waals surface area contributed by atoms with Crippen LogP contribution in [0.15, 0.2) is 34.7 Å². The van der Waals surface area contributed by atoms with E-state index in [-0.39, 0.29) is 30.3 Å². The van der Waals surface area contributed by atoms with Gasteiger partial charge in [-0.15, -0.1) is 0 Å². The van der Waals surface area contributed by atoms with Crippen LogP contribution < -0.4 is 9.64 Å². The molecule has 0 bridgehead atoms. The number of rotatable bonds is 6. The van der Waals surface area contributed by atoms with Gasteiger partial charge in [-0.3, -0.25) is 9.59 Å². The third-order valence-corrected chi connectivity index (χ3v) is 4.83. The number of nitrogens with zero attached hydrogens (tertiary/aromatic N) is 2. The molecule has 1 saturated heterocycles. The van der Waals surface area contributed by atoms with E-state index in [0.717, 1.165) is 5.69 Å². The Kier molecular flexibility index (Phi) is 5.39. The molecule has 1 fully saturated rings. The van der Waals surface area contributed by atoms with Crippen molar-refractivity contribution in [1.82, 2.24) is 4.90 Å². The summed E-state index contributed by atoms with van der Waals surface area (Å²) in [7, 11) is 3.18. The standard InChI is InChI=1S/C20H22N2O6/c1-12-17(20(25)26)9-16(28-12)11-21(2)19(24)13-8-18(23)22(10-13)14-4-6-15(27-3)7-5-14/h4-7,9,13H,8,10-11H2,1-3H3,(H,25,26)/t13-/m1/s1. The van der Waals surface area contributed by atoms with Crippen molar-refractivity contribution in [2.24, 2.45) is 5.92 Å². The number of anilines is 1. The maximum Gasteiger partial charge on any atom is 0.339 e. The van der Waals surface area contributed by atoms with Crippen LogP contribution in [0.3, 0.4) is 0 Å². The van der Waals surface area contributed by atoms with E-state index < -0.39 is 11.9 Å². The summed E-state index contributed by atoms with van der Waals surface area (Å²) in [5.41, 5.74) is 0.800. The van der Waals surface area contributed by atoms with Gasteiger partial charge in [-0.1, -0.05) is 0 Å². The van der Waals surface area contributed by atoms with Crippen molar-refractivity contribution in [2.75, 3.05) is 25.6 Å². The first-order valence-electron chi connectivity index (χ1n) is 8.82. The minimum Gasteiger partial charge on any atom is -0.497 e. The summed E-state index contributed by atoms with van der Waals surface area (Å²) in [6.07, 6.45) is 0.132. The van der Waals surface area contributed by atoms with Crippen molar-refractivity contribution in [3.05, 3.63) is 47.4 Å².